The number of likely N-dealkylation sites (tertiary alicyclic amines) is 1. The lowest BCUT2D eigenvalue weighted by atomic mass is 9.94. The van der Waals surface area contributed by atoms with Crippen LogP contribution in [-0.2, 0) is 4.79 Å². The summed E-state index contributed by atoms with van der Waals surface area (Å²) in [5.74, 6) is 1.34. The summed E-state index contributed by atoms with van der Waals surface area (Å²) >= 11 is 1.68. The Morgan fingerprint density at radius 2 is 2.00 bits per heavy atom. The topological polar surface area (TPSA) is 75.1 Å². The number of carbonyl (C=O) groups excluding carboxylic acids is 1. The molecule has 2 fully saturated rings. The highest BCUT2D eigenvalue weighted by Gasteiger charge is 2.21. The zero-order chi connectivity index (χ0) is 22.8. The molecule has 2 N–H and O–H groups in total. The maximum Gasteiger partial charge on any atom is 0.224 e. The molecule has 0 unspecified atom stereocenters. The van der Waals surface area contributed by atoms with Gasteiger partial charge in [-0.3, -0.25) is 14.1 Å². The smallest absolute Gasteiger partial charge is 0.224 e. The molecule has 33 heavy (non-hydrogen) atoms. The van der Waals surface area contributed by atoms with E-state index in [1.165, 1.54) is 43.7 Å². The summed E-state index contributed by atoms with van der Waals surface area (Å²) in [5.41, 5.74) is 3.66. The van der Waals surface area contributed by atoms with Crippen molar-refractivity contribution in [3.8, 4) is 11.3 Å². The van der Waals surface area contributed by atoms with Crippen molar-refractivity contribution in [3.63, 3.8) is 0 Å². The van der Waals surface area contributed by atoms with E-state index in [9.17, 15) is 4.79 Å². The van der Waals surface area contributed by atoms with E-state index in [0.717, 1.165) is 47.5 Å². The molecule has 1 saturated carbocycles. The molecule has 0 spiro atoms. The first kappa shape index (κ1) is 22.4. The molecule has 1 aliphatic carbocycles. The van der Waals surface area contributed by atoms with E-state index in [4.69, 9.17) is 0 Å². The number of anilines is 1. The number of rotatable bonds is 9. The van der Waals surface area contributed by atoms with Gasteiger partial charge in [0.2, 0.25) is 12.4 Å². The third kappa shape index (κ3) is 5.23. The predicted molar refractivity (Wildman–Crippen MR) is 135 cm³/mol. The highest BCUT2D eigenvalue weighted by atomic mass is 32.2. The standard InChI is InChI=1S/C25H32N6OS/c1-17-13-21(33-29-20-3-4-20)5-6-22(17)23-14-19-15-27-25(28-24(19)31(23)16-32)26-10-7-18-8-11-30(2)12-9-18/h5-6,13-16,18,20,29H,3-4,7-12H2,1-2H3,(H,26,27,28). The molecule has 5 rings (SSSR count). The number of carbonyl (C=O) groups is 1. The van der Waals surface area contributed by atoms with Gasteiger partial charge in [0.1, 0.15) is 0 Å². The molecule has 8 heteroatoms. The number of hydrogen-bond acceptors (Lipinski definition) is 7. The highest BCUT2D eigenvalue weighted by Crippen LogP contribution is 2.32. The minimum absolute atomic E-state index is 0.581. The van der Waals surface area contributed by atoms with Crippen molar-refractivity contribution in [2.75, 3.05) is 32.0 Å². The first-order valence-electron chi connectivity index (χ1n) is 11.9. The van der Waals surface area contributed by atoms with Gasteiger partial charge in [0.25, 0.3) is 0 Å². The first-order chi connectivity index (χ1) is 16.1. The normalized spacial score (nSPS) is 17.5. The van der Waals surface area contributed by atoms with Gasteiger partial charge in [-0.05, 0) is 101 Å². The van der Waals surface area contributed by atoms with Crippen molar-refractivity contribution in [3.05, 3.63) is 36.0 Å². The van der Waals surface area contributed by atoms with E-state index < -0.39 is 0 Å². The molecule has 2 aromatic heterocycles. The molecule has 2 aliphatic rings. The van der Waals surface area contributed by atoms with Gasteiger partial charge >= 0.3 is 0 Å². The Balaban J connectivity index is 1.31. The summed E-state index contributed by atoms with van der Waals surface area (Å²) in [5, 5.41) is 4.23. The number of piperidine rings is 1. The number of fused-ring (bicyclic) bond motifs is 1. The molecule has 1 aliphatic heterocycles. The Morgan fingerprint density at radius 1 is 1.18 bits per heavy atom. The maximum absolute atomic E-state index is 12.1. The molecule has 0 amide bonds. The van der Waals surface area contributed by atoms with Gasteiger partial charge in [-0.15, -0.1) is 0 Å². The maximum atomic E-state index is 12.1. The Morgan fingerprint density at radius 3 is 2.73 bits per heavy atom. The van der Waals surface area contributed by atoms with Crippen LogP contribution >= 0.6 is 11.9 Å². The van der Waals surface area contributed by atoms with E-state index in [1.54, 1.807) is 16.5 Å². The lowest BCUT2D eigenvalue weighted by molar-refractivity contribution is 0.215. The third-order valence-corrected chi connectivity index (χ3v) is 7.69. The van der Waals surface area contributed by atoms with Crippen LogP contribution in [0.15, 0.2) is 35.4 Å². The SMILES string of the molecule is Cc1cc(SNC2CC2)ccc1-c1cc2cnc(NCCC3CCN(C)CC3)nc2n1C=O. The van der Waals surface area contributed by atoms with Crippen LogP contribution in [0.1, 0.15) is 37.7 Å². The van der Waals surface area contributed by atoms with Crippen LogP contribution in [0.2, 0.25) is 0 Å². The molecule has 0 radical (unpaired) electrons. The van der Waals surface area contributed by atoms with Crippen LogP contribution in [0.25, 0.3) is 22.3 Å². The van der Waals surface area contributed by atoms with Crippen molar-refractivity contribution in [2.45, 2.75) is 50.0 Å². The fourth-order valence-corrected chi connectivity index (χ4v) is 5.40. The monoisotopic (exact) mass is 464 g/mol. The van der Waals surface area contributed by atoms with Crippen molar-refractivity contribution < 1.29 is 4.79 Å². The fraction of sp³-hybridized carbons (Fsp3) is 0.480. The Kier molecular flexibility index (Phi) is 6.66. The van der Waals surface area contributed by atoms with Gasteiger partial charge in [-0.2, -0.15) is 4.98 Å². The largest absolute Gasteiger partial charge is 0.354 e. The van der Waals surface area contributed by atoms with E-state index in [1.807, 2.05) is 12.3 Å². The average molecular weight is 465 g/mol. The van der Waals surface area contributed by atoms with E-state index >= 15 is 0 Å². The molecule has 1 aromatic carbocycles. The lowest BCUT2D eigenvalue weighted by Gasteiger charge is -2.28. The van der Waals surface area contributed by atoms with Crippen LogP contribution < -0.4 is 10.0 Å². The van der Waals surface area contributed by atoms with Gasteiger partial charge in [0.05, 0.1) is 5.69 Å². The summed E-state index contributed by atoms with van der Waals surface area (Å²) in [6, 6.07) is 9.03. The quantitative estimate of drug-likeness (QED) is 0.360. The second kappa shape index (κ2) is 9.83. The zero-order valence-electron chi connectivity index (χ0n) is 19.4. The molecule has 3 aromatic rings. The Hall–Kier alpha value is -2.42. The molecule has 0 atom stereocenters. The molecule has 1 saturated heterocycles. The van der Waals surface area contributed by atoms with E-state index in [2.05, 4.69) is 57.1 Å². The number of nitrogens with one attached hydrogen (secondary N) is 2. The van der Waals surface area contributed by atoms with Crippen molar-refractivity contribution in [1.82, 2.24) is 24.2 Å². The van der Waals surface area contributed by atoms with Crippen LogP contribution in [-0.4, -0.2) is 58.6 Å². The first-order valence-corrected chi connectivity index (χ1v) is 12.7. The number of hydrogen-bond donors (Lipinski definition) is 2. The fourth-order valence-electron chi connectivity index (χ4n) is 4.49. The van der Waals surface area contributed by atoms with Crippen molar-refractivity contribution >= 4 is 35.3 Å². The van der Waals surface area contributed by atoms with Crippen LogP contribution in [0, 0.1) is 12.8 Å². The van der Waals surface area contributed by atoms with E-state index in [-0.39, 0.29) is 0 Å². The average Bonchev–Trinajstić information content (AvgIpc) is 3.58. The zero-order valence-corrected chi connectivity index (χ0v) is 20.2. The predicted octanol–water partition coefficient (Wildman–Crippen LogP) is 4.35. The minimum atomic E-state index is 0.581. The summed E-state index contributed by atoms with van der Waals surface area (Å²) in [4.78, 5) is 24.8. The number of benzene rings is 1. The number of nitrogens with zero attached hydrogens (tertiary/aromatic N) is 4. The number of aromatic nitrogens is 3. The van der Waals surface area contributed by atoms with Gasteiger partial charge in [0, 0.05) is 34.6 Å². The summed E-state index contributed by atoms with van der Waals surface area (Å²) in [6.45, 7) is 5.30. The molecular formula is C25H32N6OS. The minimum Gasteiger partial charge on any atom is -0.354 e. The van der Waals surface area contributed by atoms with E-state index in [0.29, 0.717) is 17.6 Å². The summed E-state index contributed by atoms with van der Waals surface area (Å²) < 4.78 is 5.11. The van der Waals surface area contributed by atoms with Gasteiger partial charge in [0.15, 0.2) is 5.65 Å². The third-order valence-electron chi connectivity index (χ3n) is 6.75. The van der Waals surface area contributed by atoms with Gasteiger partial charge < -0.3 is 10.2 Å². The van der Waals surface area contributed by atoms with Crippen LogP contribution in [0.4, 0.5) is 5.95 Å². The molecule has 0 bridgehead atoms. The number of aryl methyl sites for hydroxylation is 1. The molecular weight excluding hydrogens is 432 g/mol. The second-order valence-corrected chi connectivity index (χ2v) is 10.3. The van der Waals surface area contributed by atoms with Crippen molar-refractivity contribution in [1.29, 1.82) is 0 Å². The summed E-state index contributed by atoms with van der Waals surface area (Å²) in [7, 11) is 2.19. The molecule has 7 nitrogen and oxygen atoms in total. The summed E-state index contributed by atoms with van der Waals surface area (Å²) in [6.07, 6.45) is 8.81. The lowest BCUT2D eigenvalue weighted by Crippen LogP contribution is -2.30. The highest BCUT2D eigenvalue weighted by molar-refractivity contribution is 7.97. The second-order valence-electron chi connectivity index (χ2n) is 9.41. The van der Waals surface area contributed by atoms with Crippen molar-refractivity contribution in [2.24, 2.45) is 5.92 Å². The van der Waals surface area contributed by atoms with Crippen LogP contribution in [0.3, 0.4) is 0 Å². The van der Waals surface area contributed by atoms with Gasteiger partial charge in [-0.1, -0.05) is 6.07 Å². The Labute approximate surface area is 199 Å². The Bertz CT molecular complexity index is 1130. The molecule has 174 valence electrons. The van der Waals surface area contributed by atoms with Gasteiger partial charge in [-0.25, -0.2) is 4.98 Å². The molecule has 3 heterocycles. The van der Waals surface area contributed by atoms with Crippen LogP contribution in [0.5, 0.6) is 0 Å².